The number of hydrogen-bond donors (Lipinski definition) is 1. The van der Waals surface area contributed by atoms with Gasteiger partial charge in [0.2, 0.25) is 0 Å². The normalized spacial score (nSPS) is 12.4. The summed E-state index contributed by atoms with van der Waals surface area (Å²) in [6, 6.07) is 7.56. The number of carbonyl (C=O) groups excluding carboxylic acids is 1. The molecule has 5 heteroatoms. The van der Waals surface area contributed by atoms with Crippen LogP contribution in [0, 0.1) is 0 Å². The summed E-state index contributed by atoms with van der Waals surface area (Å²) in [6.45, 7) is 2.46. The van der Waals surface area contributed by atoms with Gasteiger partial charge in [-0.3, -0.25) is 4.79 Å². The molecule has 0 aliphatic rings. The van der Waals surface area contributed by atoms with Gasteiger partial charge in [0.15, 0.2) is 0 Å². The second-order valence-corrected chi connectivity index (χ2v) is 4.86. The van der Waals surface area contributed by atoms with E-state index in [9.17, 15) is 4.79 Å². The van der Waals surface area contributed by atoms with Crippen LogP contribution in [0.25, 0.3) is 10.9 Å². The Morgan fingerprint density at radius 3 is 2.75 bits per heavy atom. The van der Waals surface area contributed by atoms with Crippen molar-refractivity contribution in [1.82, 2.24) is 9.88 Å². The zero-order valence-electron chi connectivity index (χ0n) is 12.3. The van der Waals surface area contributed by atoms with Crippen LogP contribution in [0.1, 0.15) is 17.4 Å². The Labute approximate surface area is 118 Å². The number of nitrogens with one attached hydrogen (secondary N) is 1. The molecule has 108 valence electrons. The summed E-state index contributed by atoms with van der Waals surface area (Å²) < 4.78 is 10.3. The number of amides is 1. The van der Waals surface area contributed by atoms with E-state index in [4.69, 9.17) is 9.47 Å². The van der Waals surface area contributed by atoms with Crippen molar-refractivity contribution in [2.24, 2.45) is 0 Å². The highest BCUT2D eigenvalue weighted by Crippen LogP contribution is 2.22. The number of H-pyrrole nitrogens is 1. The molecule has 0 bridgehead atoms. The number of hydrogen-bond acceptors (Lipinski definition) is 3. The number of benzene rings is 1. The van der Waals surface area contributed by atoms with Crippen LogP contribution in [-0.4, -0.2) is 49.7 Å². The van der Waals surface area contributed by atoms with Gasteiger partial charge < -0.3 is 19.4 Å². The van der Waals surface area contributed by atoms with Crippen molar-refractivity contribution in [2.75, 3.05) is 27.9 Å². The number of aromatic amines is 1. The van der Waals surface area contributed by atoms with Gasteiger partial charge in [-0.25, -0.2) is 0 Å². The Kier molecular flexibility index (Phi) is 4.29. The van der Waals surface area contributed by atoms with Gasteiger partial charge in [0.1, 0.15) is 11.4 Å². The molecule has 1 aromatic carbocycles. The van der Waals surface area contributed by atoms with Gasteiger partial charge in [-0.2, -0.15) is 0 Å². The lowest BCUT2D eigenvalue weighted by Crippen LogP contribution is -2.37. The summed E-state index contributed by atoms with van der Waals surface area (Å²) in [5, 5.41) is 0.988. The lowest BCUT2D eigenvalue weighted by Gasteiger charge is -2.23. The molecule has 1 atom stereocenters. The molecule has 0 saturated heterocycles. The largest absolute Gasteiger partial charge is 0.497 e. The first-order chi connectivity index (χ1) is 9.56. The third-order valence-electron chi connectivity index (χ3n) is 3.45. The Balaban J connectivity index is 2.26. The molecule has 0 fully saturated rings. The van der Waals surface area contributed by atoms with Gasteiger partial charge in [-0.1, -0.05) is 0 Å². The standard InChI is InChI=1S/C15H20N2O3/c1-10(9-19-3)17(2)15(18)14-7-11-5-6-12(20-4)8-13(11)16-14/h5-8,10,16H,9H2,1-4H3. The van der Waals surface area contributed by atoms with Crippen LogP contribution in [0.4, 0.5) is 0 Å². The molecule has 2 aromatic rings. The third-order valence-corrected chi connectivity index (χ3v) is 3.45. The monoisotopic (exact) mass is 276 g/mol. The number of ether oxygens (including phenoxy) is 2. The van der Waals surface area contributed by atoms with E-state index in [0.29, 0.717) is 12.3 Å². The molecule has 1 aromatic heterocycles. The Bertz CT molecular complexity index is 606. The molecule has 5 nitrogen and oxygen atoms in total. The average Bonchev–Trinajstić information content (AvgIpc) is 2.88. The molecule has 0 radical (unpaired) electrons. The number of aromatic nitrogens is 1. The zero-order valence-corrected chi connectivity index (χ0v) is 12.3. The number of carbonyl (C=O) groups is 1. The van der Waals surface area contributed by atoms with E-state index in [-0.39, 0.29) is 11.9 Å². The predicted molar refractivity (Wildman–Crippen MR) is 78.3 cm³/mol. The average molecular weight is 276 g/mol. The predicted octanol–water partition coefficient (Wildman–Crippen LogP) is 2.28. The van der Waals surface area contributed by atoms with Gasteiger partial charge in [0.05, 0.1) is 19.8 Å². The number of methoxy groups -OCH3 is 2. The maximum Gasteiger partial charge on any atom is 0.270 e. The van der Waals surface area contributed by atoms with Crippen LogP contribution in [-0.2, 0) is 4.74 Å². The molecule has 1 N–H and O–H groups in total. The minimum atomic E-state index is -0.0512. The van der Waals surface area contributed by atoms with Crippen molar-refractivity contribution in [2.45, 2.75) is 13.0 Å². The smallest absolute Gasteiger partial charge is 0.270 e. The highest BCUT2D eigenvalue weighted by molar-refractivity contribution is 5.98. The first-order valence-electron chi connectivity index (χ1n) is 6.49. The molecular formula is C15H20N2O3. The number of fused-ring (bicyclic) bond motifs is 1. The maximum atomic E-state index is 12.4. The van der Waals surface area contributed by atoms with Crippen molar-refractivity contribution < 1.29 is 14.3 Å². The fourth-order valence-electron chi connectivity index (χ4n) is 2.09. The number of rotatable bonds is 5. The summed E-state index contributed by atoms with van der Waals surface area (Å²) in [5.41, 5.74) is 1.46. The SMILES string of the molecule is COCC(C)N(C)C(=O)c1cc2ccc(OC)cc2[nH]1. The summed E-state index contributed by atoms with van der Waals surface area (Å²) >= 11 is 0. The Morgan fingerprint density at radius 1 is 1.35 bits per heavy atom. The fraction of sp³-hybridized carbons (Fsp3) is 0.400. The van der Waals surface area contributed by atoms with Crippen molar-refractivity contribution >= 4 is 16.8 Å². The van der Waals surface area contributed by atoms with E-state index in [1.807, 2.05) is 31.2 Å². The molecule has 0 aliphatic heterocycles. The van der Waals surface area contributed by atoms with E-state index in [0.717, 1.165) is 16.7 Å². The molecule has 0 saturated carbocycles. The van der Waals surface area contributed by atoms with Crippen molar-refractivity contribution in [3.8, 4) is 5.75 Å². The molecule has 1 unspecified atom stereocenters. The Morgan fingerprint density at radius 2 is 2.10 bits per heavy atom. The van der Waals surface area contributed by atoms with E-state index in [2.05, 4.69) is 4.98 Å². The second kappa shape index (κ2) is 5.96. The first kappa shape index (κ1) is 14.4. The van der Waals surface area contributed by atoms with E-state index >= 15 is 0 Å². The molecule has 0 spiro atoms. The molecule has 2 rings (SSSR count). The van der Waals surface area contributed by atoms with Gasteiger partial charge in [-0.05, 0) is 25.1 Å². The minimum Gasteiger partial charge on any atom is -0.497 e. The van der Waals surface area contributed by atoms with Crippen LogP contribution in [0.3, 0.4) is 0 Å². The van der Waals surface area contributed by atoms with Gasteiger partial charge in [0.25, 0.3) is 5.91 Å². The summed E-state index contributed by atoms with van der Waals surface area (Å²) in [5.74, 6) is 0.712. The second-order valence-electron chi connectivity index (χ2n) is 4.86. The molecule has 0 aliphatic carbocycles. The van der Waals surface area contributed by atoms with Crippen molar-refractivity contribution in [1.29, 1.82) is 0 Å². The summed E-state index contributed by atoms with van der Waals surface area (Å²) in [6.07, 6.45) is 0. The first-order valence-corrected chi connectivity index (χ1v) is 6.49. The summed E-state index contributed by atoms with van der Waals surface area (Å²) in [4.78, 5) is 17.2. The lowest BCUT2D eigenvalue weighted by molar-refractivity contribution is 0.0629. The van der Waals surface area contributed by atoms with Crippen LogP contribution < -0.4 is 4.74 Å². The van der Waals surface area contributed by atoms with Crippen LogP contribution in [0.15, 0.2) is 24.3 Å². The Hall–Kier alpha value is -2.01. The summed E-state index contributed by atoms with van der Waals surface area (Å²) in [7, 11) is 5.03. The molecule has 1 amide bonds. The van der Waals surface area contributed by atoms with Crippen LogP contribution in [0.5, 0.6) is 5.75 Å². The van der Waals surface area contributed by atoms with Crippen LogP contribution >= 0.6 is 0 Å². The lowest BCUT2D eigenvalue weighted by atomic mass is 10.2. The number of nitrogens with zero attached hydrogens (tertiary/aromatic N) is 1. The fourth-order valence-corrected chi connectivity index (χ4v) is 2.09. The van der Waals surface area contributed by atoms with Crippen molar-refractivity contribution in [3.05, 3.63) is 30.0 Å². The molecule has 20 heavy (non-hydrogen) atoms. The highest BCUT2D eigenvalue weighted by Gasteiger charge is 2.19. The van der Waals surface area contributed by atoms with Gasteiger partial charge in [-0.15, -0.1) is 0 Å². The zero-order chi connectivity index (χ0) is 14.7. The van der Waals surface area contributed by atoms with Crippen molar-refractivity contribution in [3.63, 3.8) is 0 Å². The topological polar surface area (TPSA) is 54.6 Å². The number of likely N-dealkylation sites (N-methyl/N-ethyl adjacent to an activating group) is 1. The van der Waals surface area contributed by atoms with Gasteiger partial charge in [0, 0.05) is 31.1 Å². The van der Waals surface area contributed by atoms with E-state index in [1.54, 1.807) is 26.2 Å². The molecule has 1 heterocycles. The van der Waals surface area contributed by atoms with E-state index < -0.39 is 0 Å². The highest BCUT2D eigenvalue weighted by atomic mass is 16.5. The van der Waals surface area contributed by atoms with E-state index in [1.165, 1.54) is 0 Å². The third kappa shape index (κ3) is 2.77. The van der Waals surface area contributed by atoms with Crippen LogP contribution in [0.2, 0.25) is 0 Å². The molecular weight excluding hydrogens is 256 g/mol. The quantitative estimate of drug-likeness (QED) is 0.911. The maximum absolute atomic E-state index is 12.4. The minimum absolute atomic E-state index is 0.0217. The van der Waals surface area contributed by atoms with Gasteiger partial charge >= 0.3 is 0 Å².